The number of carbonyl (C=O) groups excluding carboxylic acids is 2. The summed E-state index contributed by atoms with van der Waals surface area (Å²) in [6, 6.07) is 0. The lowest BCUT2D eigenvalue weighted by Crippen LogP contribution is -2.05. The summed E-state index contributed by atoms with van der Waals surface area (Å²) in [7, 11) is 0. The van der Waals surface area contributed by atoms with Crippen molar-refractivity contribution in [3.05, 3.63) is 12.2 Å². The quantitative estimate of drug-likeness (QED) is 0.312. The molecule has 14 heavy (non-hydrogen) atoms. The number of rotatable bonds is 6. The van der Waals surface area contributed by atoms with E-state index in [4.69, 9.17) is 4.74 Å². The zero-order valence-electron chi connectivity index (χ0n) is 8.06. The Morgan fingerprint density at radius 2 is 1.79 bits per heavy atom. The molecule has 80 valence electrons. The van der Waals surface area contributed by atoms with E-state index in [1.165, 1.54) is 0 Å². The van der Waals surface area contributed by atoms with Crippen LogP contribution in [-0.4, -0.2) is 30.9 Å². The van der Waals surface area contributed by atoms with Crippen LogP contribution in [0.3, 0.4) is 0 Å². The van der Waals surface area contributed by atoms with Crippen LogP contribution >= 0.6 is 12.6 Å². The van der Waals surface area contributed by atoms with E-state index in [9.17, 15) is 9.59 Å². The van der Waals surface area contributed by atoms with Crippen LogP contribution in [0.15, 0.2) is 12.2 Å². The molecule has 0 saturated heterocycles. The van der Waals surface area contributed by atoms with Gasteiger partial charge in [0, 0.05) is 12.2 Å². The van der Waals surface area contributed by atoms with Gasteiger partial charge in [0.1, 0.15) is 0 Å². The van der Waals surface area contributed by atoms with Gasteiger partial charge in [-0.05, 0) is 19.1 Å². The Hall–Kier alpha value is -0.970. The second-order valence-electron chi connectivity index (χ2n) is 2.33. The molecule has 4 nitrogen and oxygen atoms in total. The molecule has 0 aromatic rings. The predicted octanol–water partition coefficient (Wildman–Crippen LogP) is 0.969. The molecule has 0 atom stereocenters. The maximum atomic E-state index is 10.9. The van der Waals surface area contributed by atoms with Crippen LogP contribution < -0.4 is 0 Å². The minimum absolute atomic E-state index is 0.290. The number of hydrogen-bond acceptors (Lipinski definition) is 5. The Morgan fingerprint density at radius 1 is 1.21 bits per heavy atom. The lowest BCUT2D eigenvalue weighted by Gasteiger charge is -1.98. The molecule has 0 saturated carbocycles. The third-order valence-electron chi connectivity index (χ3n) is 1.19. The molecule has 0 aliphatic rings. The molecule has 0 rings (SSSR count). The number of ether oxygens (including phenoxy) is 2. The summed E-state index contributed by atoms with van der Waals surface area (Å²) >= 11 is 3.95. The minimum atomic E-state index is -0.543. The lowest BCUT2D eigenvalue weighted by atomic mass is 10.5. The molecular formula is C9H14O4S. The highest BCUT2D eigenvalue weighted by molar-refractivity contribution is 7.80. The first-order valence-electron chi connectivity index (χ1n) is 4.33. The topological polar surface area (TPSA) is 52.6 Å². The van der Waals surface area contributed by atoms with Gasteiger partial charge in [-0.3, -0.25) is 0 Å². The van der Waals surface area contributed by atoms with Crippen molar-refractivity contribution in [3.63, 3.8) is 0 Å². The van der Waals surface area contributed by atoms with E-state index in [1.54, 1.807) is 6.92 Å². The Labute approximate surface area is 88.7 Å². The highest BCUT2D eigenvalue weighted by atomic mass is 32.1. The van der Waals surface area contributed by atoms with Crippen LogP contribution in [0.4, 0.5) is 0 Å². The molecule has 0 bridgehead atoms. The van der Waals surface area contributed by atoms with Gasteiger partial charge in [0.05, 0.1) is 13.2 Å². The van der Waals surface area contributed by atoms with Gasteiger partial charge < -0.3 is 9.47 Å². The Bertz CT molecular complexity index is 213. The molecule has 0 heterocycles. The van der Waals surface area contributed by atoms with Gasteiger partial charge in [-0.25, -0.2) is 9.59 Å². The Morgan fingerprint density at radius 3 is 2.29 bits per heavy atom. The fourth-order valence-corrected chi connectivity index (χ4v) is 0.741. The molecule has 0 fully saturated rings. The summed E-state index contributed by atoms with van der Waals surface area (Å²) in [4.78, 5) is 21.6. The molecular weight excluding hydrogens is 204 g/mol. The lowest BCUT2D eigenvalue weighted by molar-refractivity contribution is -0.140. The third kappa shape index (κ3) is 7.67. The molecule has 0 N–H and O–H groups in total. The number of hydrogen-bond donors (Lipinski definition) is 1. The van der Waals surface area contributed by atoms with Gasteiger partial charge in [-0.15, -0.1) is 0 Å². The summed E-state index contributed by atoms with van der Waals surface area (Å²) in [6.07, 6.45) is 2.80. The highest BCUT2D eigenvalue weighted by Crippen LogP contribution is 1.89. The Balaban J connectivity index is 3.64. The first kappa shape index (κ1) is 13.0. The third-order valence-corrected chi connectivity index (χ3v) is 1.51. The molecule has 0 aromatic heterocycles. The smallest absolute Gasteiger partial charge is 0.331 e. The normalized spacial score (nSPS) is 10.1. The van der Waals surface area contributed by atoms with E-state index in [-0.39, 0.29) is 6.61 Å². The second kappa shape index (κ2) is 8.62. The van der Waals surface area contributed by atoms with Crippen molar-refractivity contribution in [2.75, 3.05) is 19.0 Å². The van der Waals surface area contributed by atoms with Crippen molar-refractivity contribution in [2.24, 2.45) is 0 Å². The van der Waals surface area contributed by atoms with Crippen LogP contribution in [0.2, 0.25) is 0 Å². The highest BCUT2D eigenvalue weighted by Gasteiger charge is 1.98. The van der Waals surface area contributed by atoms with Crippen molar-refractivity contribution < 1.29 is 19.1 Å². The molecule has 0 amide bonds. The maximum Gasteiger partial charge on any atom is 0.331 e. The van der Waals surface area contributed by atoms with Crippen LogP contribution in [0.25, 0.3) is 0 Å². The zero-order valence-corrected chi connectivity index (χ0v) is 8.96. The van der Waals surface area contributed by atoms with E-state index in [0.717, 1.165) is 12.2 Å². The van der Waals surface area contributed by atoms with Crippen molar-refractivity contribution in [1.82, 2.24) is 0 Å². The average Bonchev–Trinajstić information content (AvgIpc) is 2.16. The largest absolute Gasteiger partial charge is 0.463 e. The molecule has 0 aromatic carbocycles. The van der Waals surface area contributed by atoms with Gasteiger partial charge in [-0.1, -0.05) is 0 Å². The monoisotopic (exact) mass is 218 g/mol. The van der Waals surface area contributed by atoms with Crippen LogP contribution in [0.5, 0.6) is 0 Å². The van der Waals surface area contributed by atoms with E-state index < -0.39 is 11.9 Å². The van der Waals surface area contributed by atoms with Crippen molar-refractivity contribution >= 4 is 24.6 Å². The predicted molar refractivity (Wildman–Crippen MR) is 55.2 cm³/mol. The molecule has 0 aliphatic heterocycles. The summed E-state index contributed by atoms with van der Waals surface area (Å²) < 4.78 is 9.30. The molecule has 0 radical (unpaired) electrons. The SMILES string of the molecule is CCOC(=O)C=CC(=O)OCCCS. The first-order valence-corrected chi connectivity index (χ1v) is 4.96. The summed E-state index contributed by atoms with van der Waals surface area (Å²) in [5, 5.41) is 0. The first-order chi connectivity index (χ1) is 6.70. The number of esters is 2. The molecule has 0 spiro atoms. The average molecular weight is 218 g/mol. The zero-order chi connectivity index (χ0) is 10.8. The maximum absolute atomic E-state index is 10.9. The summed E-state index contributed by atoms with van der Waals surface area (Å²) in [6.45, 7) is 2.30. The fourth-order valence-electron chi connectivity index (χ4n) is 0.612. The van der Waals surface area contributed by atoms with Gasteiger partial charge >= 0.3 is 11.9 Å². The molecule has 5 heteroatoms. The molecule has 0 unspecified atom stereocenters. The number of thiol groups is 1. The van der Waals surface area contributed by atoms with Gasteiger partial charge in [0.2, 0.25) is 0 Å². The second-order valence-corrected chi connectivity index (χ2v) is 2.78. The molecule has 0 aliphatic carbocycles. The van der Waals surface area contributed by atoms with E-state index in [0.29, 0.717) is 18.8 Å². The van der Waals surface area contributed by atoms with Gasteiger partial charge in [0.25, 0.3) is 0 Å². The van der Waals surface area contributed by atoms with Gasteiger partial charge in [-0.2, -0.15) is 12.6 Å². The number of carbonyl (C=O) groups is 2. The van der Waals surface area contributed by atoms with E-state index in [2.05, 4.69) is 17.4 Å². The van der Waals surface area contributed by atoms with E-state index in [1.807, 2.05) is 0 Å². The minimum Gasteiger partial charge on any atom is -0.463 e. The Kier molecular flexibility index (Phi) is 8.02. The summed E-state index contributed by atoms with van der Waals surface area (Å²) in [5.41, 5.74) is 0. The standard InChI is InChI=1S/C9H14O4S/c1-2-12-8(10)4-5-9(11)13-6-3-7-14/h4-5,14H,2-3,6-7H2,1H3. The van der Waals surface area contributed by atoms with Gasteiger partial charge in [0.15, 0.2) is 0 Å². The van der Waals surface area contributed by atoms with Crippen LogP contribution in [0, 0.1) is 0 Å². The fraction of sp³-hybridized carbons (Fsp3) is 0.556. The van der Waals surface area contributed by atoms with E-state index >= 15 is 0 Å². The van der Waals surface area contributed by atoms with Crippen molar-refractivity contribution in [3.8, 4) is 0 Å². The van der Waals surface area contributed by atoms with Crippen molar-refractivity contribution in [1.29, 1.82) is 0 Å². The van der Waals surface area contributed by atoms with Crippen LogP contribution in [-0.2, 0) is 19.1 Å². The summed E-state index contributed by atoms with van der Waals surface area (Å²) in [5.74, 6) is -0.423. The van der Waals surface area contributed by atoms with Crippen molar-refractivity contribution in [2.45, 2.75) is 13.3 Å². The van der Waals surface area contributed by atoms with Crippen LogP contribution in [0.1, 0.15) is 13.3 Å².